The first kappa shape index (κ1) is 13.9. The Labute approximate surface area is 115 Å². The maximum absolute atomic E-state index is 6.03. The van der Waals surface area contributed by atoms with Crippen molar-refractivity contribution >= 4 is 11.8 Å². The zero-order chi connectivity index (χ0) is 13.0. The van der Waals surface area contributed by atoms with Crippen LogP contribution in [0.15, 0.2) is 30.3 Å². The highest BCUT2D eigenvalue weighted by molar-refractivity contribution is 7.99. The maximum Gasteiger partial charge on any atom is 0.0284 e. The highest BCUT2D eigenvalue weighted by Crippen LogP contribution is 2.28. The van der Waals surface area contributed by atoms with Crippen LogP contribution in [0.1, 0.15) is 24.8 Å². The van der Waals surface area contributed by atoms with Gasteiger partial charge in [0.2, 0.25) is 0 Å². The van der Waals surface area contributed by atoms with Gasteiger partial charge >= 0.3 is 0 Å². The molecule has 1 aliphatic heterocycles. The lowest BCUT2D eigenvalue weighted by molar-refractivity contribution is 0.171. The van der Waals surface area contributed by atoms with Gasteiger partial charge in [0.1, 0.15) is 0 Å². The Morgan fingerprint density at radius 1 is 1.39 bits per heavy atom. The summed E-state index contributed by atoms with van der Waals surface area (Å²) in [6.07, 6.45) is 1.30. The van der Waals surface area contributed by atoms with Gasteiger partial charge in [0, 0.05) is 24.4 Å². The quantitative estimate of drug-likeness (QED) is 0.886. The van der Waals surface area contributed by atoms with Crippen LogP contribution in [0, 0.1) is 0 Å². The molecule has 1 aromatic rings. The van der Waals surface area contributed by atoms with Crippen molar-refractivity contribution < 1.29 is 0 Å². The van der Waals surface area contributed by atoms with E-state index in [1.165, 1.54) is 23.5 Å². The first-order valence-corrected chi connectivity index (χ1v) is 7.94. The number of thioether (sulfide) groups is 1. The summed E-state index contributed by atoms with van der Waals surface area (Å²) >= 11 is 2.06. The van der Waals surface area contributed by atoms with E-state index in [-0.39, 0.29) is 0 Å². The van der Waals surface area contributed by atoms with Crippen molar-refractivity contribution in [2.45, 2.75) is 31.3 Å². The van der Waals surface area contributed by atoms with Crippen LogP contribution in [-0.2, 0) is 0 Å². The third-order valence-corrected chi connectivity index (χ3v) is 5.29. The Balaban J connectivity index is 2.07. The fourth-order valence-corrected chi connectivity index (χ4v) is 4.10. The van der Waals surface area contributed by atoms with Crippen molar-refractivity contribution in [2.75, 3.05) is 25.1 Å². The number of benzene rings is 1. The van der Waals surface area contributed by atoms with Crippen LogP contribution in [0.3, 0.4) is 0 Å². The van der Waals surface area contributed by atoms with Crippen LogP contribution in [0.2, 0.25) is 0 Å². The normalized spacial score (nSPS) is 23.2. The Bertz CT molecular complexity index is 349. The van der Waals surface area contributed by atoms with E-state index in [0.29, 0.717) is 18.0 Å². The first-order valence-electron chi connectivity index (χ1n) is 6.78. The zero-order valence-corrected chi connectivity index (χ0v) is 12.2. The molecule has 2 N–H and O–H groups in total. The molecule has 0 amide bonds. The SMILES string of the molecule is CC(c1ccccc1)C(CN)N(C)C1CCSC1. The largest absolute Gasteiger partial charge is 0.329 e. The van der Waals surface area contributed by atoms with Gasteiger partial charge in [-0.05, 0) is 30.7 Å². The van der Waals surface area contributed by atoms with Crippen LogP contribution in [0.5, 0.6) is 0 Å². The highest BCUT2D eigenvalue weighted by atomic mass is 32.2. The molecular weight excluding hydrogens is 240 g/mol. The predicted octanol–water partition coefficient (Wildman–Crippen LogP) is 2.55. The fourth-order valence-electron chi connectivity index (χ4n) is 2.82. The van der Waals surface area contributed by atoms with Gasteiger partial charge in [0.05, 0.1) is 0 Å². The summed E-state index contributed by atoms with van der Waals surface area (Å²) in [5, 5.41) is 0. The molecule has 3 atom stereocenters. The lowest BCUT2D eigenvalue weighted by Gasteiger charge is -2.36. The van der Waals surface area contributed by atoms with Gasteiger partial charge in [-0.1, -0.05) is 37.3 Å². The van der Waals surface area contributed by atoms with Gasteiger partial charge in [-0.25, -0.2) is 0 Å². The van der Waals surface area contributed by atoms with E-state index >= 15 is 0 Å². The van der Waals surface area contributed by atoms with Crippen molar-refractivity contribution in [1.29, 1.82) is 0 Å². The van der Waals surface area contributed by atoms with Crippen LogP contribution in [-0.4, -0.2) is 42.1 Å². The van der Waals surface area contributed by atoms with Gasteiger partial charge in [0.25, 0.3) is 0 Å². The Morgan fingerprint density at radius 2 is 2.11 bits per heavy atom. The molecule has 2 nitrogen and oxygen atoms in total. The van der Waals surface area contributed by atoms with Gasteiger partial charge in [-0.15, -0.1) is 0 Å². The molecule has 1 aliphatic rings. The molecule has 1 heterocycles. The molecule has 0 aromatic heterocycles. The smallest absolute Gasteiger partial charge is 0.0284 e. The Kier molecular flexibility index (Phi) is 5.10. The average molecular weight is 264 g/mol. The molecule has 0 bridgehead atoms. The van der Waals surface area contributed by atoms with Crippen molar-refractivity contribution in [1.82, 2.24) is 4.90 Å². The summed E-state index contributed by atoms with van der Waals surface area (Å²) in [4.78, 5) is 2.51. The highest BCUT2D eigenvalue weighted by Gasteiger charge is 2.29. The molecule has 2 rings (SSSR count). The van der Waals surface area contributed by atoms with Crippen molar-refractivity contribution in [3.63, 3.8) is 0 Å². The van der Waals surface area contributed by atoms with Crippen LogP contribution >= 0.6 is 11.8 Å². The molecule has 0 saturated carbocycles. The molecule has 1 fully saturated rings. The lowest BCUT2D eigenvalue weighted by Crippen LogP contribution is -2.47. The monoisotopic (exact) mass is 264 g/mol. The van der Waals surface area contributed by atoms with Crippen molar-refractivity contribution in [2.24, 2.45) is 5.73 Å². The summed E-state index contributed by atoms with van der Waals surface area (Å²) in [6.45, 7) is 3.03. The van der Waals surface area contributed by atoms with E-state index < -0.39 is 0 Å². The van der Waals surface area contributed by atoms with E-state index in [2.05, 4.69) is 61.0 Å². The topological polar surface area (TPSA) is 29.3 Å². The second-order valence-electron chi connectivity index (χ2n) is 5.19. The first-order chi connectivity index (χ1) is 8.74. The number of hydrogen-bond acceptors (Lipinski definition) is 3. The molecule has 3 unspecified atom stereocenters. The van der Waals surface area contributed by atoms with Gasteiger partial charge in [0.15, 0.2) is 0 Å². The van der Waals surface area contributed by atoms with E-state index in [1.54, 1.807) is 0 Å². The second kappa shape index (κ2) is 6.60. The summed E-state index contributed by atoms with van der Waals surface area (Å²) < 4.78 is 0. The van der Waals surface area contributed by atoms with Crippen molar-refractivity contribution in [3.8, 4) is 0 Å². The number of nitrogens with two attached hydrogens (primary N) is 1. The van der Waals surface area contributed by atoms with Crippen molar-refractivity contribution in [3.05, 3.63) is 35.9 Å². The third kappa shape index (κ3) is 3.08. The molecule has 0 spiro atoms. The minimum Gasteiger partial charge on any atom is -0.329 e. The van der Waals surface area contributed by atoms with Crippen LogP contribution in [0.4, 0.5) is 0 Å². The molecule has 18 heavy (non-hydrogen) atoms. The zero-order valence-electron chi connectivity index (χ0n) is 11.4. The lowest BCUT2D eigenvalue weighted by atomic mass is 9.91. The molecule has 1 aromatic carbocycles. The molecule has 0 radical (unpaired) electrons. The number of nitrogens with zero attached hydrogens (tertiary/aromatic N) is 1. The Morgan fingerprint density at radius 3 is 2.67 bits per heavy atom. The molecule has 1 saturated heterocycles. The van der Waals surface area contributed by atoms with Gasteiger partial charge in [-0.3, -0.25) is 4.90 Å². The van der Waals surface area contributed by atoms with E-state index in [4.69, 9.17) is 5.73 Å². The predicted molar refractivity (Wildman–Crippen MR) is 81.2 cm³/mol. The van der Waals surface area contributed by atoms with E-state index in [1.807, 2.05) is 0 Å². The summed E-state index contributed by atoms with van der Waals surface area (Å²) in [5.41, 5.74) is 7.43. The summed E-state index contributed by atoms with van der Waals surface area (Å²) in [7, 11) is 2.24. The second-order valence-corrected chi connectivity index (χ2v) is 6.34. The van der Waals surface area contributed by atoms with Gasteiger partial charge in [-0.2, -0.15) is 11.8 Å². The average Bonchev–Trinajstić information content (AvgIpc) is 2.94. The molecular formula is C15H24N2S. The standard InChI is InChI=1S/C15H24N2S/c1-12(13-6-4-3-5-7-13)15(10-16)17(2)14-8-9-18-11-14/h3-7,12,14-15H,8-11,16H2,1-2H3. The third-order valence-electron chi connectivity index (χ3n) is 4.15. The minimum atomic E-state index is 0.441. The molecule has 100 valence electrons. The Hall–Kier alpha value is -0.510. The summed E-state index contributed by atoms with van der Waals surface area (Å²) in [6, 6.07) is 11.9. The fraction of sp³-hybridized carbons (Fsp3) is 0.600. The number of hydrogen-bond donors (Lipinski definition) is 1. The van der Waals surface area contributed by atoms with Crippen LogP contribution in [0.25, 0.3) is 0 Å². The van der Waals surface area contributed by atoms with E-state index in [9.17, 15) is 0 Å². The minimum absolute atomic E-state index is 0.441. The number of likely N-dealkylation sites (N-methyl/N-ethyl adjacent to an activating group) is 1. The maximum atomic E-state index is 6.03. The summed E-state index contributed by atoms with van der Waals surface area (Å²) in [5.74, 6) is 3.05. The van der Waals surface area contributed by atoms with Crippen LogP contribution < -0.4 is 5.73 Å². The van der Waals surface area contributed by atoms with Gasteiger partial charge < -0.3 is 5.73 Å². The number of rotatable bonds is 5. The van der Waals surface area contributed by atoms with E-state index in [0.717, 1.165) is 6.54 Å². The molecule has 3 heteroatoms. The molecule has 0 aliphatic carbocycles.